The van der Waals surface area contributed by atoms with Crippen LogP contribution < -0.4 is 14.2 Å². The lowest BCUT2D eigenvalue weighted by Crippen LogP contribution is -2.50. The van der Waals surface area contributed by atoms with Crippen molar-refractivity contribution in [1.82, 2.24) is 14.2 Å². The third-order valence-corrected chi connectivity index (χ3v) is 8.98. The molecule has 1 amide bonds. The van der Waals surface area contributed by atoms with Crippen molar-refractivity contribution >= 4 is 15.9 Å². The zero-order chi connectivity index (χ0) is 30.4. The van der Waals surface area contributed by atoms with E-state index in [0.717, 1.165) is 0 Å². The second kappa shape index (κ2) is 13.2. The van der Waals surface area contributed by atoms with E-state index >= 15 is 0 Å². The zero-order valence-electron chi connectivity index (χ0n) is 24.3. The number of benzene rings is 2. The lowest BCUT2D eigenvalue weighted by Gasteiger charge is -2.37. The summed E-state index contributed by atoms with van der Waals surface area (Å²) in [6, 6.07) is 14.6. The van der Waals surface area contributed by atoms with E-state index in [2.05, 4.69) is 16.8 Å². The van der Waals surface area contributed by atoms with E-state index in [9.17, 15) is 18.3 Å². The summed E-state index contributed by atoms with van der Waals surface area (Å²) < 4.78 is 44.6. The molecule has 4 rings (SSSR count). The highest BCUT2D eigenvalue weighted by Gasteiger charge is 2.35. The number of likely N-dealkylation sites (N-methyl/N-ethyl adjacent to an activating group) is 1. The lowest BCUT2D eigenvalue weighted by atomic mass is 10.0. The van der Waals surface area contributed by atoms with Gasteiger partial charge in [-0.05, 0) is 43.3 Å². The van der Waals surface area contributed by atoms with Crippen LogP contribution in [-0.4, -0.2) is 86.7 Å². The van der Waals surface area contributed by atoms with Crippen molar-refractivity contribution in [2.45, 2.75) is 30.9 Å². The topological polar surface area (TPSA) is 118 Å². The highest BCUT2D eigenvalue weighted by atomic mass is 32.2. The predicted molar refractivity (Wildman–Crippen MR) is 157 cm³/mol. The van der Waals surface area contributed by atoms with Crippen LogP contribution in [0.2, 0.25) is 0 Å². The lowest BCUT2D eigenvalue weighted by molar-refractivity contribution is 0.0373. The second-order valence-electron chi connectivity index (χ2n) is 10.1. The van der Waals surface area contributed by atoms with Crippen molar-refractivity contribution in [3.8, 4) is 29.2 Å². The van der Waals surface area contributed by atoms with Crippen molar-refractivity contribution in [2.24, 2.45) is 5.92 Å². The molecule has 0 bridgehead atoms. The first-order chi connectivity index (χ1) is 20.1. The van der Waals surface area contributed by atoms with Gasteiger partial charge in [0.25, 0.3) is 5.91 Å². The molecule has 0 spiro atoms. The second-order valence-corrected chi connectivity index (χ2v) is 12.2. The normalized spacial score (nSPS) is 17.7. The highest BCUT2D eigenvalue weighted by molar-refractivity contribution is 7.89. The maximum absolute atomic E-state index is 13.7. The molecular weight excluding hydrogens is 558 g/mol. The number of methoxy groups -OCH3 is 2. The number of pyridine rings is 1. The molecule has 10 nitrogen and oxygen atoms in total. The van der Waals surface area contributed by atoms with Gasteiger partial charge in [-0.15, -0.1) is 0 Å². The first-order valence-corrected chi connectivity index (χ1v) is 14.9. The van der Waals surface area contributed by atoms with Crippen LogP contribution in [0.1, 0.15) is 35.3 Å². The molecule has 3 atom stereocenters. The molecule has 1 N–H and O–H groups in total. The SMILES string of the molecule is COc1ccc(C#Cc2cnc3c(c2)C(=O)N([C@H](C)CO)C[C@H](C)[C@H](CN(C)S(=O)(=O)c2ccccc2)O3)cc1OC. The van der Waals surface area contributed by atoms with Crippen molar-refractivity contribution in [2.75, 3.05) is 41.0 Å². The fourth-order valence-electron chi connectivity index (χ4n) is 4.57. The van der Waals surface area contributed by atoms with E-state index in [1.807, 2.05) is 6.92 Å². The Morgan fingerprint density at radius 2 is 1.79 bits per heavy atom. The van der Waals surface area contributed by atoms with E-state index in [4.69, 9.17) is 14.2 Å². The standard InChI is InChI=1S/C31H35N3O7S/c1-21-18-34(22(2)20-35)31(36)26-15-24(12-11-23-13-14-27(39-4)28(16-23)40-5)17-32-30(26)41-29(21)19-33(3)42(37,38)25-9-7-6-8-10-25/h6-10,13-17,21-22,29,35H,18-20H2,1-5H3/t21-,22+,29-/m0/s1. The number of carbonyl (C=O) groups is 1. The van der Waals surface area contributed by atoms with Crippen molar-refractivity contribution in [1.29, 1.82) is 0 Å². The van der Waals surface area contributed by atoms with Crippen molar-refractivity contribution < 1.29 is 32.5 Å². The molecule has 42 heavy (non-hydrogen) atoms. The zero-order valence-corrected chi connectivity index (χ0v) is 25.1. The van der Waals surface area contributed by atoms with Crippen LogP contribution in [0.15, 0.2) is 65.7 Å². The molecule has 1 aromatic heterocycles. The summed E-state index contributed by atoms with van der Waals surface area (Å²) >= 11 is 0. The number of carbonyl (C=O) groups excluding carboxylic acids is 1. The number of aromatic nitrogens is 1. The molecular formula is C31H35N3O7S. The molecule has 11 heteroatoms. The van der Waals surface area contributed by atoms with Crippen LogP contribution in [-0.2, 0) is 10.0 Å². The van der Waals surface area contributed by atoms with E-state index in [1.165, 1.54) is 17.5 Å². The minimum atomic E-state index is -3.78. The first-order valence-electron chi connectivity index (χ1n) is 13.4. The number of rotatable bonds is 8. The van der Waals surface area contributed by atoms with Gasteiger partial charge in [-0.25, -0.2) is 13.4 Å². The van der Waals surface area contributed by atoms with Crippen LogP contribution in [0.3, 0.4) is 0 Å². The number of hydrogen-bond donors (Lipinski definition) is 1. The number of sulfonamides is 1. The summed E-state index contributed by atoms with van der Waals surface area (Å²) in [4.78, 5) is 19.9. The molecule has 1 aliphatic rings. The van der Waals surface area contributed by atoms with Gasteiger partial charge in [0, 0.05) is 36.8 Å². The average Bonchev–Trinajstić information content (AvgIpc) is 3.01. The minimum absolute atomic E-state index is 0.0237. The van der Waals surface area contributed by atoms with Crippen LogP contribution in [0.25, 0.3) is 0 Å². The van der Waals surface area contributed by atoms with E-state index < -0.39 is 22.2 Å². The number of aliphatic hydroxyl groups is 1. The van der Waals surface area contributed by atoms with E-state index in [1.54, 1.807) is 80.6 Å². The quantitative estimate of drug-likeness (QED) is 0.396. The third-order valence-electron chi connectivity index (χ3n) is 7.14. The Labute approximate surface area is 246 Å². The number of amides is 1. The number of hydrogen-bond acceptors (Lipinski definition) is 8. The van der Waals surface area contributed by atoms with Crippen LogP contribution in [0, 0.1) is 17.8 Å². The summed E-state index contributed by atoms with van der Waals surface area (Å²) in [6.07, 6.45) is 0.873. The van der Waals surface area contributed by atoms with Gasteiger partial charge in [-0.3, -0.25) is 4.79 Å². The summed E-state index contributed by atoms with van der Waals surface area (Å²) in [5, 5.41) is 9.92. The van der Waals surface area contributed by atoms with Gasteiger partial charge in [-0.1, -0.05) is 37.0 Å². The Morgan fingerprint density at radius 3 is 2.45 bits per heavy atom. The largest absolute Gasteiger partial charge is 0.493 e. The smallest absolute Gasteiger partial charge is 0.259 e. The molecule has 0 saturated heterocycles. The molecule has 0 aliphatic carbocycles. The molecule has 3 aromatic rings. The molecule has 222 valence electrons. The maximum Gasteiger partial charge on any atom is 0.259 e. The van der Waals surface area contributed by atoms with Crippen LogP contribution in [0.5, 0.6) is 17.4 Å². The Kier molecular flexibility index (Phi) is 9.73. The van der Waals surface area contributed by atoms with Crippen molar-refractivity contribution in [3.63, 3.8) is 0 Å². The Bertz CT molecular complexity index is 1580. The van der Waals surface area contributed by atoms with Gasteiger partial charge in [0.2, 0.25) is 15.9 Å². The number of ether oxygens (including phenoxy) is 3. The van der Waals surface area contributed by atoms with Gasteiger partial charge in [0.15, 0.2) is 11.5 Å². The van der Waals surface area contributed by atoms with Gasteiger partial charge >= 0.3 is 0 Å². The first kappa shape index (κ1) is 30.8. The summed E-state index contributed by atoms with van der Waals surface area (Å²) in [7, 11) is 0.817. The number of aliphatic hydroxyl groups excluding tert-OH is 1. The molecule has 1 aliphatic heterocycles. The highest BCUT2D eigenvalue weighted by Crippen LogP contribution is 2.29. The monoisotopic (exact) mass is 593 g/mol. The van der Waals surface area contributed by atoms with E-state index in [-0.39, 0.29) is 47.9 Å². The average molecular weight is 594 g/mol. The van der Waals surface area contributed by atoms with Gasteiger partial charge in [-0.2, -0.15) is 4.31 Å². The van der Waals surface area contributed by atoms with Gasteiger partial charge in [0.1, 0.15) is 11.7 Å². The minimum Gasteiger partial charge on any atom is -0.493 e. The molecule has 0 saturated carbocycles. The Morgan fingerprint density at radius 1 is 1.10 bits per heavy atom. The Balaban J connectivity index is 1.68. The molecule has 2 aromatic carbocycles. The predicted octanol–water partition coefficient (Wildman–Crippen LogP) is 3.04. The summed E-state index contributed by atoms with van der Waals surface area (Å²) in [6.45, 7) is 3.66. The molecule has 0 fully saturated rings. The fourth-order valence-corrected chi connectivity index (χ4v) is 5.77. The molecule has 0 unspecified atom stereocenters. The van der Waals surface area contributed by atoms with Crippen molar-refractivity contribution in [3.05, 3.63) is 77.5 Å². The van der Waals surface area contributed by atoms with Crippen LogP contribution in [0.4, 0.5) is 0 Å². The molecule has 0 radical (unpaired) electrons. The van der Waals surface area contributed by atoms with Gasteiger partial charge in [0.05, 0.1) is 38.3 Å². The van der Waals surface area contributed by atoms with E-state index in [0.29, 0.717) is 22.6 Å². The van der Waals surface area contributed by atoms with Crippen LogP contribution >= 0.6 is 0 Å². The fraction of sp³-hybridized carbons (Fsp3) is 0.355. The number of fused-ring (bicyclic) bond motifs is 1. The number of nitrogens with zero attached hydrogens (tertiary/aromatic N) is 3. The summed E-state index contributed by atoms with van der Waals surface area (Å²) in [5.41, 5.74) is 1.33. The Hall–Kier alpha value is -4.11. The maximum atomic E-state index is 13.7. The van der Waals surface area contributed by atoms with Gasteiger partial charge < -0.3 is 24.2 Å². The summed E-state index contributed by atoms with van der Waals surface area (Å²) in [5.74, 6) is 6.64. The third kappa shape index (κ3) is 6.68. The molecule has 2 heterocycles.